The molecule has 27 heavy (non-hydrogen) atoms. The SMILES string of the molecule is COC(=O)C1=C(C(=O)OC)N(c2cccc3c2CN(C)C(=O)N3)C=CC=C1. The average Bonchev–Trinajstić information content (AvgIpc) is 2.90. The first-order valence-electron chi connectivity index (χ1n) is 8.17. The highest BCUT2D eigenvalue weighted by Crippen LogP contribution is 2.35. The van der Waals surface area contributed by atoms with Crippen LogP contribution in [0.3, 0.4) is 0 Å². The van der Waals surface area contributed by atoms with E-state index in [1.807, 2.05) is 0 Å². The number of anilines is 2. The molecule has 8 nitrogen and oxygen atoms in total. The lowest BCUT2D eigenvalue weighted by atomic mass is 10.1. The highest BCUT2D eigenvalue weighted by molar-refractivity contribution is 6.06. The van der Waals surface area contributed by atoms with Gasteiger partial charge in [0.05, 0.1) is 32.0 Å². The minimum atomic E-state index is -0.683. The molecule has 2 aliphatic rings. The lowest BCUT2D eigenvalue weighted by Crippen LogP contribution is -2.37. The van der Waals surface area contributed by atoms with E-state index in [1.54, 1.807) is 48.5 Å². The third kappa shape index (κ3) is 3.29. The monoisotopic (exact) mass is 369 g/mol. The van der Waals surface area contributed by atoms with Crippen LogP contribution in [0.15, 0.2) is 53.9 Å². The zero-order chi connectivity index (χ0) is 19.6. The van der Waals surface area contributed by atoms with E-state index in [4.69, 9.17) is 9.47 Å². The predicted octanol–water partition coefficient (Wildman–Crippen LogP) is 2.15. The van der Waals surface area contributed by atoms with Crippen LogP contribution in [0.4, 0.5) is 16.2 Å². The van der Waals surface area contributed by atoms with Crippen molar-refractivity contribution in [2.24, 2.45) is 0 Å². The molecule has 2 heterocycles. The molecule has 0 aliphatic carbocycles. The van der Waals surface area contributed by atoms with Crippen molar-refractivity contribution < 1.29 is 23.9 Å². The van der Waals surface area contributed by atoms with Crippen LogP contribution in [-0.4, -0.2) is 44.1 Å². The smallest absolute Gasteiger partial charge is 0.355 e. The van der Waals surface area contributed by atoms with Gasteiger partial charge < -0.3 is 24.6 Å². The standard InChI is InChI=1S/C19H19N3O5/c1-21-11-13-14(20-19(21)25)8-6-9-15(13)22-10-5-4-7-12(17(23)26-2)16(22)18(24)27-3/h4-10H,11H2,1-3H3,(H,20,25). The van der Waals surface area contributed by atoms with E-state index in [0.717, 1.165) is 5.56 Å². The molecule has 1 aromatic carbocycles. The number of hydrogen-bond acceptors (Lipinski definition) is 6. The maximum Gasteiger partial charge on any atom is 0.355 e. The Balaban J connectivity index is 2.20. The Labute approximate surface area is 156 Å². The lowest BCUT2D eigenvalue weighted by molar-refractivity contribution is -0.139. The van der Waals surface area contributed by atoms with Gasteiger partial charge in [-0.3, -0.25) is 0 Å². The Morgan fingerprint density at radius 1 is 1.11 bits per heavy atom. The van der Waals surface area contributed by atoms with Crippen LogP contribution in [0.1, 0.15) is 5.56 Å². The summed E-state index contributed by atoms with van der Waals surface area (Å²) in [5.74, 6) is -1.34. The number of fused-ring (bicyclic) bond motifs is 1. The first-order chi connectivity index (χ1) is 13.0. The maximum atomic E-state index is 12.5. The van der Waals surface area contributed by atoms with Gasteiger partial charge in [0.25, 0.3) is 0 Å². The number of benzene rings is 1. The Bertz CT molecular complexity index is 901. The van der Waals surface area contributed by atoms with Crippen LogP contribution in [0.5, 0.6) is 0 Å². The average molecular weight is 369 g/mol. The number of carbonyl (C=O) groups is 3. The van der Waals surface area contributed by atoms with Crippen molar-refractivity contribution >= 4 is 29.3 Å². The highest BCUT2D eigenvalue weighted by atomic mass is 16.5. The van der Waals surface area contributed by atoms with Crippen LogP contribution in [0.2, 0.25) is 0 Å². The molecule has 3 rings (SSSR count). The number of methoxy groups -OCH3 is 2. The van der Waals surface area contributed by atoms with Crippen LogP contribution < -0.4 is 10.2 Å². The van der Waals surface area contributed by atoms with E-state index in [-0.39, 0.29) is 17.3 Å². The topological polar surface area (TPSA) is 88.2 Å². The number of nitrogens with one attached hydrogen (secondary N) is 1. The molecule has 0 bridgehead atoms. The number of urea groups is 1. The second kappa shape index (κ2) is 7.36. The third-order valence-electron chi connectivity index (χ3n) is 4.28. The van der Waals surface area contributed by atoms with Crippen molar-refractivity contribution in [1.29, 1.82) is 0 Å². The molecule has 8 heteroatoms. The van der Waals surface area contributed by atoms with E-state index in [9.17, 15) is 14.4 Å². The Kier molecular flexibility index (Phi) is 4.98. The first kappa shape index (κ1) is 18.2. The molecular weight excluding hydrogens is 350 g/mol. The molecule has 1 aromatic rings. The van der Waals surface area contributed by atoms with Crippen molar-refractivity contribution in [2.75, 3.05) is 31.5 Å². The number of carbonyl (C=O) groups excluding carboxylic acids is 3. The van der Waals surface area contributed by atoms with E-state index < -0.39 is 11.9 Å². The van der Waals surface area contributed by atoms with Gasteiger partial charge in [-0.15, -0.1) is 0 Å². The van der Waals surface area contributed by atoms with Gasteiger partial charge in [-0.1, -0.05) is 12.1 Å². The molecule has 0 saturated carbocycles. The van der Waals surface area contributed by atoms with Crippen molar-refractivity contribution in [1.82, 2.24) is 4.90 Å². The number of rotatable bonds is 3. The van der Waals surface area contributed by atoms with Gasteiger partial charge in [0.2, 0.25) is 0 Å². The molecule has 1 N–H and O–H groups in total. The number of hydrogen-bond donors (Lipinski definition) is 1. The molecule has 0 atom stereocenters. The second-order valence-electron chi connectivity index (χ2n) is 5.91. The maximum absolute atomic E-state index is 12.5. The number of esters is 2. The molecule has 0 aromatic heterocycles. The van der Waals surface area contributed by atoms with Crippen LogP contribution in [0, 0.1) is 0 Å². The van der Waals surface area contributed by atoms with Gasteiger partial charge in [0, 0.05) is 24.5 Å². The minimum Gasteiger partial charge on any atom is -0.465 e. The molecule has 0 fully saturated rings. The summed E-state index contributed by atoms with van der Waals surface area (Å²) in [6.45, 7) is 0.344. The van der Waals surface area contributed by atoms with Gasteiger partial charge in [-0.25, -0.2) is 14.4 Å². The van der Waals surface area contributed by atoms with Crippen molar-refractivity contribution in [3.8, 4) is 0 Å². The fraction of sp³-hybridized carbons (Fsp3) is 0.211. The normalized spacial score (nSPS) is 15.9. The van der Waals surface area contributed by atoms with E-state index in [0.29, 0.717) is 17.9 Å². The van der Waals surface area contributed by atoms with E-state index >= 15 is 0 Å². The molecule has 0 radical (unpaired) electrons. The first-order valence-corrected chi connectivity index (χ1v) is 8.17. The van der Waals surface area contributed by atoms with Crippen molar-refractivity contribution in [2.45, 2.75) is 6.54 Å². The van der Waals surface area contributed by atoms with Crippen LogP contribution in [-0.2, 0) is 25.6 Å². The largest absolute Gasteiger partial charge is 0.465 e. The van der Waals surface area contributed by atoms with Crippen LogP contribution >= 0.6 is 0 Å². The number of allylic oxidation sites excluding steroid dienone is 2. The molecule has 0 spiro atoms. The lowest BCUT2D eigenvalue weighted by Gasteiger charge is -2.31. The summed E-state index contributed by atoms with van der Waals surface area (Å²) >= 11 is 0. The summed E-state index contributed by atoms with van der Waals surface area (Å²) in [5.41, 5.74) is 2.19. The zero-order valence-electron chi connectivity index (χ0n) is 15.2. The minimum absolute atomic E-state index is 0.0299. The fourth-order valence-corrected chi connectivity index (χ4v) is 2.95. The molecule has 0 unspecified atom stereocenters. The number of ether oxygens (including phenoxy) is 2. The highest BCUT2D eigenvalue weighted by Gasteiger charge is 2.30. The van der Waals surface area contributed by atoms with Gasteiger partial charge in [0.1, 0.15) is 5.70 Å². The fourth-order valence-electron chi connectivity index (χ4n) is 2.95. The summed E-state index contributed by atoms with van der Waals surface area (Å²) < 4.78 is 9.73. The number of nitrogens with zero attached hydrogens (tertiary/aromatic N) is 2. The molecule has 0 saturated heterocycles. The Hall–Kier alpha value is -3.55. The predicted molar refractivity (Wildman–Crippen MR) is 98.7 cm³/mol. The van der Waals surface area contributed by atoms with E-state index in [2.05, 4.69) is 5.32 Å². The Morgan fingerprint density at radius 2 is 1.85 bits per heavy atom. The third-order valence-corrected chi connectivity index (χ3v) is 4.28. The molecule has 2 aliphatic heterocycles. The van der Waals surface area contributed by atoms with Gasteiger partial charge in [-0.2, -0.15) is 0 Å². The van der Waals surface area contributed by atoms with Gasteiger partial charge in [0.15, 0.2) is 0 Å². The van der Waals surface area contributed by atoms with Crippen LogP contribution in [0.25, 0.3) is 0 Å². The summed E-state index contributed by atoms with van der Waals surface area (Å²) in [7, 11) is 4.16. The number of amides is 2. The summed E-state index contributed by atoms with van der Waals surface area (Å²) in [6.07, 6.45) is 6.49. The summed E-state index contributed by atoms with van der Waals surface area (Å²) in [4.78, 5) is 39.8. The van der Waals surface area contributed by atoms with E-state index in [1.165, 1.54) is 25.2 Å². The Morgan fingerprint density at radius 3 is 2.56 bits per heavy atom. The second-order valence-corrected chi connectivity index (χ2v) is 5.91. The molecule has 2 amide bonds. The summed E-state index contributed by atoms with van der Waals surface area (Å²) in [5, 5.41) is 2.80. The molecular formula is C19H19N3O5. The quantitative estimate of drug-likeness (QED) is 0.822. The van der Waals surface area contributed by atoms with Crippen molar-refractivity contribution in [3.63, 3.8) is 0 Å². The van der Waals surface area contributed by atoms with Gasteiger partial charge in [-0.05, 0) is 24.3 Å². The summed E-state index contributed by atoms with van der Waals surface area (Å²) in [6, 6.07) is 5.13. The zero-order valence-corrected chi connectivity index (χ0v) is 15.2. The van der Waals surface area contributed by atoms with Gasteiger partial charge >= 0.3 is 18.0 Å². The van der Waals surface area contributed by atoms with Crippen molar-refractivity contribution in [3.05, 3.63) is 59.5 Å². The molecule has 140 valence electrons.